The molecule has 0 amide bonds. The van der Waals surface area contributed by atoms with Gasteiger partial charge in [0.2, 0.25) is 0 Å². The number of aliphatic hydroxyl groups excluding tert-OH is 1. The predicted octanol–water partition coefficient (Wildman–Crippen LogP) is 3.92. The lowest BCUT2D eigenvalue weighted by Crippen LogP contribution is -2.28. The fraction of sp³-hybridized carbons (Fsp3) is 0.304. The Balaban J connectivity index is 2.04. The maximum absolute atomic E-state index is 13.8. The van der Waals surface area contributed by atoms with E-state index in [-0.39, 0.29) is 5.56 Å². The van der Waals surface area contributed by atoms with E-state index in [9.17, 15) is 23.1 Å². The topological polar surface area (TPSA) is 73.6 Å². The van der Waals surface area contributed by atoms with Crippen LogP contribution in [-0.4, -0.2) is 29.1 Å². The molecule has 4 rings (SSSR count). The highest BCUT2D eigenvalue weighted by Crippen LogP contribution is 2.37. The summed E-state index contributed by atoms with van der Waals surface area (Å²) < 4.78 is 52.7. The summed E-state index contributed by atoms with van der Waals surface area (Å²) in [5, 5.41) is 13.9. The van der Waals surface area contributed by atoms with E-state index in [4.69, 9.17) is 9.47 Å². The van der Waals surface area contributed by atoms with Crippen LogP contribution in [0, 0.1) is 0 Å². The number of methoxy groups -OCH3 is 2. The minimum Gasteiger partial charge on any atom is -0.497 e. The number of fused-ring (bicyclic) bond motifs is 1. The van der Waals surface area contributed by atoms with Crippen LogP contribution in [0.2, 0.25) is 0 Å². The molecule has 1 N–H and O–H groups in total. The molecule has 0 fully saturated rings. The number of benzene rings is 2. The molecule has 0 atom stereocenters. The molecule has 1 heterocycles. The molecule has 0 unspecified atom stereocenters. The van der Waals surface area contributed by atoms with Crippen molar-refractivity contribution in [3.8, 4) is 28.4 Å². The molecule has 6 nitrogen and oxygen atoms in total. The second-order valence-electron chi connectivity index (χ2n) is 7.48. The zero-order valence-electron chi connectivity index (χ0n) is 17.5. The maximum Gasteiger partial charge on any atom is 0.418 e. The number of ether oxygens (including phenoxy) is 2. The number of aliphatic hydroxyl groups is 1. The van der Waals surface area contributed by atoms with Gasteiger partial charge in [-0.05, 0) is 54.7 Å². The maximum atomic E-state index is 13.8. The molecule has 9 heteroatoms. The molecule has 32 heavy (non-hydrogen) atoms. The van der Waals surface area contributed by atoms with Gasteiger partial charge in [-0.3, -0.25) is 4.79 Å². The minimum atomic E-state index is -4.71. The molecule has 0 aliphatic heterocycles. The zero-order valence-corrected chi connectivity index (χ0v) is 17.5. The quantitative estimate of drug-likeness (QED) is 0.643. The first-order chi connectivity index (χ1) is 15.3. The average Bonchev–Trinajstić information content (AvgIpc) is 3.28. The van der Waals surface area contributed by atoms with Crippen LogP contribution in [0.25, 0.3) is 16.9 Å². The van der Waals surface area contributed by atoms with Crippen LogP contribution in [-0.2, 0) is 25.6 Å². The molecule has 0 radical (unpaired) electrons. The summed E-state index contributed by atoms with van der Waals surface area (Å²) in [4.78, 5) is 13.2. The lowest BCUT2D eigenvalue weighted by molar-refractivity contribution is -0.137. The Morgan fingerprint density at radius 2 is 1.69 bits per heavy atom. The molecule has 1 aromatic heterocycles. The summed E-state index contributed by atoms with van der Waals surface area (Å²) >= 11 is 0. The second kappa shape index (κ2) is 8.31. The van der Waals surface area contributed by atoms with E-state index in [0.717, 1.165) is 16.8 Å². The van der Waals surface area contributed by atoms with E-state index in [1.807, 2.05) is 0 Å². The predicted molar refractivity (Wildman–Crippen MR) is 111 cm³/mol. The Morgan fingerprint density at radius 1 is 1.03 bits per heavy atom. The first-order valence-corrected chi connectivity index (χ1v) is 9.96. The standard InChI is InChI=1S/C23H21F3N2O4/c1-31-15-9-14(10-16(11-15)32-2)21-17-4-3-5-18(17)22(30)28(27-21)20-8-13(12-29)6-7-19(20)23(24,25)26/h6-11,29H,3-5,12H2,1-2H3. The van der Waals surface area contributed by atoms with Crippen LogP contribution in [0.15, 0.2) is 41.2 Å². The van der Waals surface area contributed by atoms with Gasteiger partial charge in [0.1, 0.15) is 11.5 Å². The number of rotatable bonds is 5. The molecule has 3 aromatic rings. The molecule has 2 aromatic carbocycles. The molecule has 0 saturated heterocycles. The van der Waals surface area contributed by atoms with E-state index in [1.54, 1.807) is 18.2 Å². The summed E-state index contributed by atoms with van der Waals surface area (Å²) in [6.45, 7) is -0.467. The largest absolute Gasteiger partial charge is 0.497 e. The summed E-state index contributed by atoms with van der Waals surface area (Å²) in [5.41, 5.74) is 0.365. The van der Waals surface area contributed by atoms with Crippen LogP contribution in [0.1, 0.15) is 28.7 Å². The van der Waals surface area contributed by atoms with Crippen molar-refractivity contribution in [1.29, 1.82) is 0 Å². The van der Waals surface area contributed by atoms with Gasteiger partial charge in [-0.2, -0.15) is 23.0 Å². The van der Waals surface area contributed by atoms with Crippen molar-refractivity contribution < 1.29 is 27.8 Å². The smallest absolute Gasteiger partial charge is 0.418 e. The van der Waals surface area contributed by atoms with E-state index in [1.165, 1.54) is 20.3 Å². The second-order valence-corrected chi connectivity index (χ2v) is 7.48. The van der Waals surface area contributed by atoms with Gasteiger partial charge in [0.15, 0.2) is 0 Å². The lowest BCUT2D eigenvalue weighted by atomic mass is 10.0. The third-order valence-electron chi connectivity index (χ3n) is 5.56. The van der Waals surface area contributed by atoms with Crippen molar-refractivity contribution in [2.45, 2.75) is 32.0 Å². The van der Waals surface area contributed by atoms with Crippen LogP contribution in [0.4, 0.5) is 13.2 Å². The SMILES string of the molecule is COc1cc(OC)cc(-c2nn(-c3cc(CO)ccc3C(F)(F)F)c(=O)c3c2CCC3)c1. The molecule has 1 aliphatic rings. The van der Waals surface area contributed by atoms with Crippen molar-refractivity contribution in [1.82, 2.24) is 9.78 Å². The Hall–Kier alpha value is -3.33. The van der Waals surface area contributed by atoms with E-state index >= 15 is 0 Å². The van der Waals surface area contributed by atoms with Gasteiger partial charge in [0.05, 0.1) is 37.8 Å². The highest BCUT2D eigenvalue weighted by Gasteiger charge is 2.35. The van der Waals surface area contributed by atoms with Gasteiger partial charge < -0.3 is 14.6 Å². The third kappa shape index (κ3) is 3.84. The highest BCUT2D eigenvalue weighted by molar-refractivity contribution is 5.68. The van der Waals surface area contributed by atoms with Crippen molar-refractivity contribution in [3.05, 3.63) is 69.0 Å². The van der Waals surface area contributed by atoms with E-state index < -0.39 is 29.6 Å². The van der Waals surface area contributed by atoms with Crippen molar-refractivity contribution in [2.75, 3.05) is 14.2 Å². The molecule has 0 spiro atoms. The summed E-state index contributed by atoms with van der Waals surface area (Å²) in [6, 6.07) is 8.26. The highest BCUT2D eigenvalue weighted by atomic mass is 19.4. The van der Waals surface area contributed by atoms with Crippen LogP contribution >= 0.6 is 0 Å². The number of nitrogens with zero attached hydrogens (tertiary/aromatic N) is 2. The molecule has 0 saturated carbocycles. The zero-order chi connectivity index (χ0) is 23.0. The Bertz CT molecular complexity index is 1210. The van der Waals surface area contributed by atoms with Gasteiger partial charge in [-0.1, -0.05) is 6.07 Å². The van der Waals surface area contributed by atoms with Gasteiger partial charge in [-0.25, -0.2) is 0 Å². The normalized spacial score (nSPS) is 13.2. The molecule has 0 bridgehead atoms. The monoisotopic (exact) mass is 446 g/mol. The molecular formula is C23H21F3N2O4. The molecule has 168 valence electrons. The van der Waals surface area contributed by atoms with Gasteiger partial charge in [-0.15, -0.1) is 0 Å². The number of hydrogen-bond acceptors (Lipinski definition) is 5. The van der Waals surface area contributed by atoms with Crippen molar-refractivity contribution in [3.63, 3.8) is 0 Å². The lowest BCUT2D eigenvalue weighted by Gasteiger charge is -2.18. The number of hydrogen-bond donors (Lipinski definition) is 1. The number of alkyl halides is 3. The molecular weight excluding hydrogens is 425 g/mol. The Morgan fingerprint density at radius 3 is 2.28 bits per heavy atom. The number of halogens is 3. The Labute approximate surface area is 181 Å². The summed E-state index contributed by atoms with van der Waals surface area (Å²) in [5.74, 6) is 0.979. The fourth-order valence-corrected chi connectivity index (χ4v) is 4.00. The van der Waals surface area contributed by atoms with Gasteiger partial charge in [0.25, 0.3) is 5.56 Å². The number of aromatic nitrogens is 2. The third-order valence-corrected chi connectivity index (χ3v) is 5.56. The van der Waals surface area contributed by atoms with Gasteiger partial charge in [0, 0.05) is 17.2 Å². The Kier molecular flexibility index (Phi) is 5.68. The average molecular weight is 446 g/mol. The van der Waals surface area contributed by atoms with Gasteiger partial charge >= 0.3 is 6.18 Å². The van der Waals surface area contributed by atoms with Crippen molar-refractivity contribution >= 4 is 0 Å². The first kappa shape index (κ1) is 21.9. The van der Waals surface area contributed by atoms with Crippen LogP contribution in [0.5, 0.6) is 11.5 Å². The summed E-state index contributed by atoms with van der Waals surface area (Å²) in [6.07, 6.45) is -2.96. The van der Waals surface area contributed by atoms with Crippen molar-refractivity contribution in [2.24, 2.45) is 0 Å². The van der Waals surface area contributed by atoms with E-state index in [2.05, 4.69) is 5.10 Å². The molecule has 1 aliphatic carbocycles. The fourth-order valence-electron chi connectivity index (χ4n) is 4.00. The van der Waals surface area contributed by atoms with Crippen LogP contribution < -0.4 is 15.0 Å². The van der Waals surface area contributed by atoms with E-state index in [0.29, 0.717) is 53.1 Å². The summed E-state index contributed by atoms with van der Waals surface area (Å²) in [7, 11) is 2.99. The minimum absolute atomic E-state index is 0.242. The first-order valence-electron chi connectivity index (χ1n) is 9.96. The van der Waals surface area contributed by atoms with Crippen LogP contribution in [0.3, 0.4) is 0 Å².